The van der Waals surface area contributed by atoms with Crippen molar-refractivity contribution in [2.75, 3.05) is 19.7 Å². The van der Waals surface area contributed by atoms with E-state index < -0.39 is 11.4 Å². The number of carboxylic acids is 1. The summed E-state index contributed by atoms with van der Waals surface area (Å²) in [7, 11) is 0. The molecule has 0 bridgehead atoms. The van der Waals surface area contributed by atoms with Crippen LogP contribution >= 0.6 is 0 Å². The van der Waals surface area contributed by atoms with Crippen LogP contribution in [0.2, 0.25) is 0 Å². The Labute approximate surface area is 155 Å². The van der Waals surface area contributed by atoms with Crippen LogP contribution in [-0.4, -0.2) is 45.9 Å². The third kappa shape index (κ3) is 2.54. The number of ether oxygens (including phenoxy) is 1. The van der Waals surface area contributed by atoms with E-state index >= 15 is 0 Å². The summed E-state index contributed by atoms with van der Waals surface area (Å²) in [4.78, 5) is 14.3. The van der Waals surface area contributed by atoms with Gasteiger partial charge in [-0.3, -0.25) is 14.8 Å². The van der Waals surface area contributed by atoms with Crippen molar-refractivity contribution in [3.63, 3.8) is 0 Å². The molecule has 0 unspecified atom stereocenters. The van der Waals surface area contributed by atoms with Gasteiger partial charge in [0, 0.05) is 25.2 Å². The number of furan rings is 1. The summed E-state index contributed by atoms with van der Waals surface area (Å²) in [5.41, 5.74) is 0.875. The molecule has 0 saturated carbocycles. The molecule has 0 spiro atoms. The lowest BCUT2D eigenvalue weighted by molar-refractivity contribution is -0.151. The maximum absolute atomic E-state index is 12.2. The summed E-state index contributed by atoms with van der Waals surface area (Å²) in [5, 5.41) is 16.8. The molecule has 2 aromatic heterocycles. The maximum Gasteiger partial charge on any atom is 0.315 e. The number of carboxylic acid groups (broad SMARTS) is 1. The molecule has 1 aromatic carbocycles. The minimum Gasteiger partial charge on any atom is -0.492 e. The Morgan fingerprint density at radius 1 is 1.30 bits per heavy atom. The first kappa shape index (κ1) is 16.1. The fourth-order valence-electron chi connectivity index (χ4n) is 4.28. The van der Waals surface area contributed by atoms with E-state index in [1.165, 1.54) is 0 Å². The number of aromatic amines is 1. The predicted molar refractivity (Wildman–Crippen MR) is 96.3 cm³/mol. The summed E-state index contributed by atoms with van der Waals surface area (Å²) in [6.45, 7) is 1.84. The molecule has 2 aliphatic heterocycles. The molecule has 3 aromatic rings. The molecule has 1 fully saturated rings. The van der Waals surface area contributed by atoms with Crippen molar-refractivity contribution in [2.24, 2.45) is 5.41 Å². The molecule has 7 heteroatoms. The number of likely N-dealkylation sites (tertiary alicyclic amines) is 1. The minimum atomic E-state index is -0.923. The molecule has 0 radical (unpaired) electrons. The molecular formula is C20H19N3O4. The zero-order chi connectivity index (χ0) is 18.4. The van der Waals surface area contributed by atoms with Crippen molar-refractivity contribution in [3.05, 3.63) is 60.0 Å². The first-order chi connectivity index (χ1) is 13.2. The largest absolute Gasteiger partial charge is 0.492 e. The predicted octanol–water partition coefficient (Wildman–Crippen LogP) is 2.73. The minimum absolute atomic E-state index is 0.0954. The van der Waals surface area contributed by atoms with Crippen molar-refractivity contribution in [1.29, 1.82) is 0 Å². The van der Waals surface area contributed by atoms with Crippen LogP contribution in [0.3, 0.4) is 0 Å². The number of nitrogens with one attached hydrogen (secondary N) is 1. The zero-order valence-corrected chi connectivity index (χ0v) is 14.6. The van der Waals surface area contributed by atoms with Crippen molar-refractivity contribution < 1.29 is 19.1 Å². The van der Waals surface area contributed by atoms with Crippen LogP contribution in [0, 0.1) is 5.41 Å². The fraction of sp³-hybridized carbons (Fsp3) is 0.300. The number of rotatable bonds is 4. The molecule has 1 saturated heterocycles. The number of aliphatic carboxylic acids is 1. The summed E-state index contributed by atoms with van der Waals surface area (Å²) in [5.74, 6) is 1.42. The van der Waals surface area contributed by atoms with Gasteiger partial charge in [-0.15, -0.1) is 0 Å². The van der Waals surface area contributed by atoms with E-state index in [0.29, 0.717) is 19.6 Å². The van der Waals surface area contributed by atoms with E-state index in [9.17, 15) is 9.90 Å². The van der Waals surface area contributed by atoms with Gasteiger partial charge >= 0.3 is 5.97 Å². The number of hydrogen-bond acceptors (Lipinski definition) is 5. The molecular weight excluding hydrogens is 346 g/mol. The molecule has 2 atom stereocenters. The Balaban J connectivity index is 1.41. The van der Waals surface area contributed by atoms with Crippen molar-refractivity contribution in [2.45, 2.75) is 12.5 Å². The average Bonchev–Trinajstić information content (AvgIpc) is 3.41. The van der Waals surface area contributed by atoms with Crippen LogP contribution in [0.4, 0.5) is 0 Å². The molecule has 27 heavy (non-hydrogen) atoms. The molecule has 138 valence electrons. The van der Waals surface area contributed by atoms with Gasteiger partial charge in [0.2, 0.25) is 0 Å². The van der Waals surface area contributed by atoms with Crippen LogP contribution < -0.4 is 4.74 Å². The maximum atomic E-state index is 12.2. The summed E-state index contributed by atoms with van der Waals surface area (Å²) < 4.78 is 11.7. The number of para-hydroxylation sites is 1. The fourth-order valence-corrected chi connectivity index (χ4v) is 4.28. The number of nitrogens with zero attached hydrogens (tertiary/aromatic N) is 2. The molecule has 4 heterocycles. The lowest BCUT2D eigenvalue weighted by Gasteiger charge is -2.35. The highest BCUT2D eigenvalue weighted by Crippen LogP contribution is 2.50. The highest BCUT2D eigenvalue weighted by atomic mass is 16.5. The lowest BCUT2D eigenvalue weighted by atomic mass is 9.73. The van der Waals surface area contributed by atoms with Gasteiger partial charge in [0.15, 0.2) is 5.76 Å². The zero-order valence-electron chi connectivity index (χ0n) is 14.6. The van der Waals surface area contributed by atoms with E-state index in [0.717, 1.165) is 28.5 Å². The van der Waals surface area contributed by atoms with E-state index in [2.05, 4.69) is 15.1 Å². The molecule has 2 aliphatic rings. The first-order valence-corrected chi connectivity index (χ1v) is 8.92. The molecule has 5 rings (SSSR count). The van der Waals surface area contributed by atoms with Crippen LogP contribution in [0.1, 0.15) is 17.2 Å². The van der Waals surface area contributed by atoms with Gasteiger partial charge in [-0.05, 0) is 29.8 Å². The highest BCUT2D eigenvalue weighted by Gasteiger charge is 2.56. The van der Waals surface area contributed by atoms with E-state index in [1.54, 1.807) is 6.20 Å². The second-order valence-electron chi connectivity index (χ2n) is 7.25. The number of hydrogen-bond donors (Lipinski definition) is 2. The molecule has 2 N–H and O–H groups in total. The van der Waals surface area contributed by atoms with Gasteiger partial charge in [-0.2, -0.15) is 5.10 Å². The standard InChI is InChI=1S/C20H19N3O4/c24-19(25)20-11-23(9-13-5-6-18(27-13)16-7-8-21-22-16)10-15(20)14-3-1-2-4-17(14)26-12-20/h1-8,15H,9-12H2,(H,21,22)(H,24,25)/t15-,20-/m1/s1. The van der Waals surface area contributed by atoms with Crippen LogP contribution in [-0.2, 0) is 11.3 Å². The third-order valence-electron chi connectivity index (χ3n) is 5.63. The first-order valence-electron chi connectivity index (χ1n) is 8.92. The Hall–Kier alpha value is -3.06. The Kier molecular flexibility index (Phi) is 3.58. The number of fused-ring (bicyclic) bond motifs is 3. The van der Waals surface area contributed by atoms with Crippen LogP contribution in [0.15, 0.2) is 53.1 Å². The van der Waals surface area contributed by atoms with Gasteiger partial charge < -0.3 is 14.3 Å². The number of H-pyrrole nitrogens is 1. The van der Waals surface area contributed by atoms with Gasteiger partial charge in [-0.25, -0.2) is 0 Å². The van der Waals surface area contributed by atoms with Crippen molar-refractivity contribution in [3.8, 4) is 17.2 Å². The van der Waals surface area contributed by atoms with E-state index in [-0.39, 0.29) is 12.5 Å². The number of aromatic nitrogens is 2. The van der Waals surface area contributed by atoms with Crippen molar-refractivity contribution in [1.82, 2.24) is 15.1 Å². The Bertz CT molecular complexity index is 981. The summed E-state index contributed by atoms with van der Waals surface area (Å²) in [6.07, 6.45) is 1.68. The summed E-state index contributed by atoms with van der Waals surface area (Å²) >= 11 is 0. The Morgan fingerprint density at radius 2 is 2.19 bits per heavy atom. The van der Waals surface area contributed by atoms with Crippen LogP contribution in [0.5, 0.6) is 5.75 Å². The normalized spacial score (nSPS) is 24.2. The topological polar surface area (TPSA) is 91.6 Å². The quantitative estimate of drug-likeness (QED) is 0.739. The molecule has 0 amide bonds. The van der Waals surface area contributed by atoms with Gasteiger partial charge in [0.05, 0.1) is 6.54 Å². The number of benzene rings is 1. The van der Waals surface area contributed by atoms with E-state index in [1.807, 2.05) is 42.5 Å². The smallest absolute Gasteiger partial charge is 0.315 e. The van der Waals surface area contributed by atoms with Crippen molar-refractivity contribution >= 4 is 5.97 Å². The van der Waals surface area contributed by atoms with Gasteiger partial charge in [-0.1, -0.05) is 18.2 Å². The Morgan fingerprint density at radius 3 is 3.00 bits per heavy atom. The lowest BCUT2D eigenvalue weighted by Crippen LogP contribution is -2.45. The van der Waals surface area contributed by atoms with Gasteiger partial charge in [0.25, 0.3) is 0 Å². The monoisotopic (exact) mass is 365 g/mol. The SMILES string of the molecule is O=C(O)[C@]12COc3ccccc3[C@H]1CN(Cc1ccc(-c3ccn[nH]3)o1)C2. The second-order valence-corrected chi connectivity index (χ2v) is 7.25. The van der Waals surface area contributed by atoms with E-state index in [4.69, 9.17) is 9.15 Å². The molecule has 7 nitrogen and oxygen atoms in total. The van der Waals surface area contributed by atoms with Gasteiger partial charge in [0.1, 0.15) is 29.2 Å². The molecule has 0 aliphatic carbocycles. The van der Waals surface area contributed by atoms with Crippen LogP contribution in [0.25, 0.3) is 11.5 Å². The highest BCUT2D eigenvalue weighted by molar-refractivity contribution is 5.78. The average molecular weight is 365 g/mol. The number of carbonyl (C=O) groups is 1. The second kappa shape index (κ2) is 5.99. The summed E-state index contributed by atoms with van der Waals surface area (Å²) in [6, 6.07) is 13.4. The third-order valence-corrected chi connectivity index (χ3v) is 5.63.